The topological polar surface area (TPSA) is 72.6 Å². The summed E-state index contributed by atoms with van der Waals surface area (Å²) >= 11 is 0. The first-order valence-corrected chi connectivity index (χ1v) is 8.95. The highest BCUT2D eigenvalue weighted by molar-refractivity contribution is 7.89. The lowest BCUT2D eigenvalue weighted by Crippen LogP contribution is -2.34. The number of ether oxygens (including phenoxy) is 1. The van der Waals surface area contributed by atoms with E-state index in [4.69, 9.17) is 10.5 Å². The maximum Gasteiger partial charge on any atom is 0.246 e. The summed E-state index contributed by atoms with van der Waals surface area (Å²) in [6.45, 7) is 5.36. The van der Waals surface area contributed by atoms with Gasteiger partial charge in [-0.3, -0.25) is 0 Å². The summed E-state index contributed by atoms with van der Waals surface area (Å²) in [5.74, 6) is 0.881. The molecule has 1 aromatic carbocycles. The number of hydrogen-bond acceptors (Lipinski definition) is 4. The van der Waals surface area contributed by atoms with E-state index in [0.717, 1.165) is 19.3 Å². The van der Waals surface area contributed by atoms with Gasteiger partial charge in [0.25, 0.3) is 0 Å². The molecule has 1 aliphatic carbocycles. The standard InChI is InChI=1S/C15H24N2O3S/c1-3-9-17(11-12-5-6-12)21(18,19)15-10-13(16)7-8-14(15)20-4-2/h7-8,10,12H,3-6,9,11,16H2,1-2H3. The Hall–Kier alpha value is -1.27. The van der Waals surface area contributed by atoms with Crippen LogP contribution in [0.2, 0.25) is 0 Å². The number of nitrogen functional groups attached to an aromatic ring is 1. The average Bonchev–Trinajstić information content (AvgIpc) is 3.24. The van der Waals surface area contributed by atoms with Gasteiger partial charge < -0.3 is 10.5 Å². The summed E-state index contributed by atoms with van der Waals surface area (Å²) in [7, 11) is -3.57. The molecule has 0 aromatic heterocycles. The predicted octanol–water partition coefficient (Wildman–Crippen LogP) is 2.48. The zero-order chi connectivity index (χ0) is 15.5. The first-order chi connectivity index (χ1) is 9.98. The Labute approximate surface area is 127 Å². The third-order valence-corrected chi connectivity index (χ3v) is 5.40. The minimum absolute atomic E-state index is 0.179. The Morgan fingerprint density at radius 3 is 2.62 bits per heavy atom. The van der Waals surface area contributed by atoms with Crippen LogP contribution in [0.5, 0.6) is 5.75 Å². The Balaban J connectivity index is 2.37. The number of hydrogen-bond donors (Lipinski definition) is 1. The van der Waals surface area contributed by atoms with Gasteiger partial charge in [0.15, 0.2) is 0 Å². The molecule has 0 aliphatic heterocycles. The number of nitrogens with two attached hydrogens (primary N) is 1. The molecule has 2 rings (SSSR count). The van der Waals surface area contributed by atoms with E-state index < -0.39 is 10.0 Å². The van der Waals surface area contributed by atoms with Crippen molar-refractivity contribution in [3.05, 3.63) is 18.2 Å². The molecule has 5 nitrogen and oxygen atoms in total. The van der Waals surface area contributed by atoms with Crippen molar-refractivity contribution >= 4 is 15.7 Å². The van der Waals surface area contributed by atoms with Gasteiger partial charge in [-0.05, 0) is 50.3 Å². The molecular weight excluding hydrogens is 288 g/mol. The molecule has 0 heterocycles. The van der Waals surface area contributed by atoms with Crippen molar-refractivity contribution in [3.8, 4) is 5.75 Å². The fourth-order valence-electron chi connectivity index (χ4n) is 2.29. The minimum atomic E-state index is -3.57. The highest BCUT2D eigenvalue weighted by Crippen LogP contribution is 2.34. The van der Waals surface area contributed by atoms with E-state index >= 15 is 0 Å². The van der Waals surface area contributed by atoms with Crippen LogP contribution in [0.1, 0.15) is 33.1 Å². The maximum absolute atomic E-state index is 12.9. The van der Waals surface area contributed by atoms with Crippen LogP contribution in [-0.4, -0.2) is 32.4 Å². The first-order valence-electron chi connectivity index (χ1n) is 7.51. The van der Waals surface area contributed by atoms with Crippen LogP contribution in [0.25, 0.3) is 0 Å². The van der Waals surface area contributed by atoms with Crippen LogP contribution in [0.3, 0.4) is 0 Å². The molecule has 2 N–H and O–H groups in total. The smallest absolute Gasteiger partial charge is 0.246 e. The number of sulfonamides is 1. The Kier molecular flexibility index (Phi) is 5.11. The third-order valence-electron chi connectivity index (χ3n) is 3.52. The van der Waals surface area contributed by atoms with Gasteiger partial charge in [-0.15, -0.1) is 0 Å². The van der Waals surface area contributed by atoms with Crippen LogP contribution < -0.4 is 10.5 Å². The number of nitrogens with zero attached hydrogens (tertiary/aromatic N) is 1. The summed E-state index contributed by atoms with van der Waals surface area (Å²) in [5, 5.41) is 0. The Bertz CT molecular complexity index is 583. The van der Waals surface area contributed by atoms with Crippen LogP contribution in [-0.2, 0) is 10.0 Å². The molecule has 0 saturated heterocycles. The summed E-state index contributed by atoms with van der Waals surface area (Å²) in [4.78, 5) is 0.179. The molecule has 0 radical (unpaired) electrons. The number of rotatable bonds is 8. The fourth-order valence-corrected chi connectivity index (χ4v) is 4.06. The quantitative estimate of drug-likeness (QED) is 0.748. The lowest BCUT2D eigenvalue weighted by molar-refractivity contribution is 0.328. The van der Waals surface area contributed by atoms with Crippen molar-refractivity contribution in [1.29, 1.82) is 0 Å². The van der Waals surface area contributed by atoms with Crippen molar-refractivity contribution in [2.75, 3.05) is 25.4 Å². The van der Waals surface area contributed by atoms with Crippen molar-refractivity contribution in [2.45, 2.75) is 38.0 Å². The lowest BCUT2D eigenvalue weighted by Gasteiger charge is -2.23. The molecule has 1 aliphatic rings. The van der Waals surface area contributed by atoms with Gasteiger partial charge in [-0.1, -0.05) is 6.92 Å². The van der Waals surface area contributed by atoms with Gasteiger partial charge in [-0.25, -0.2) is 8.42 Å². The molecule has 1 aromatic rings. The van der Waals surface area contributed by atoms with Crippen molar-refractivity contribution < 1.29 is 13.2 Å². The summed E-state index contributed by atoms with van der Waals surface area (Å²) in [5.41, 5.74) is 6.20. The maximum atomic E-state index is 12.9. The summed E-state index contributed by atoms with van der Waals surface area (Å²) < 4.78 is 32.9. The SMILES string of the molecule is CCCN(CC1CC1)S(=O)(=O)c1cc(N)ccc1OCC. The molecule has 0 unspecified atom stereocenters. The van der Waals surface area contributed by atoms with Gasteiger partial charge in [0.05, 0.1) is 6.61 Å². The fraction of sp³-hybridized carbons (Fsp3) is 0.600. The van der Waals surface area contributed by atoms with Gasteiger partial charge in [0.2, 0.25) is 10.0 Å². The molecular formula is C15H24N2O3S. The van der Waals surface area contributed by atoms with Gasteiger partial charge in [0, 0.05) is 18.8 Å². The molecule has 0 atom stereocenters. The molecule has 0 amide bonds. The van der Waals surface area contributed by atoms with E-state index in [2.05, 4.69) is 0 Å². The second-order valence-electron chi connectivity index (χ2n) is 5.45. The largest absolute Gasteiger partial charge is 0.492 e. The molecule has 118 valence electrons. The monoisotopic (exact) mass is 312 g/mol. The Morgan fingerprint density at radius 2 is 2.05 bits per heavy atom. The number of anilines is 1. The van der Waals surface area contributed by atoms with Crippen LogP contribution in [0.15, 0.2) is 23.1 Å². The van der Waals surface area contributed by atoms with Gasteiger partial charge in [0.1, 0.15) is 10.6 Å². The highest BCUT2D eigenvalue weighted by atomic mass is 32.2. The van der Waals surface area contributed by atoms with Crippen LogP contribution in [0, 0.1) is 5.92 Å². The van der Waals surface area contributed by atoms with E-state index in [1.807, 2.05) is 13.8 Å². The highest BCUT2D eigenvalue weighted by Gasteiger charge is 2.33. The lowest BCUT2D eigenvalue weighted by atomic mass is 10.3. The third kappa shape index (κ3) is 3.89. The summed E-state index contributed by atoms with van der Waals surface area (Å²) in [6, 6.07) is 4.79. The second-order valence-corrected chi connectivity index (χ2v) is 7.35. The van der Waals surface area contributed by atoms with Gasteiger partial charge >= 0.3 is 0 Å². The normalized spacial score (nSPS) is 15.4. The van der Waals surface area contributed by atoms with Crippen molar-refractivity contribution in [1.82, 2.24) is 4.31 Å². The van der Waals surface area contributed by atoms with Gasteiger partial charge in [-0.2, -0.15) is 4.31 Å². The summed E-state index contributed by atoms with van der Waals surface area (Å²) in [6.07, 6.45) is 3.02. The van der Waals surface area contributed by atoms with Crippen LogP contribution in [0.4, 0.5) is 5.69 Å². The first kappa shape index (κ1) is 16.1. The zero-order valence-electron chi connectivity index (χ0n) is 12.7. The Morgan fingerprint density at radius 1 is 1.33 bits per heavy atom. The van der Waals surface area contributed by atoms with E-state index in [0.29, 0.717) is 37.1 Å². The molecule has 1 fully saturated rings. The number of benzene rings is 1. The van der Waals surface area contributed by atoms with E-state index in [1.54, 1.807) is 16.4 Å². The van der Waals surface area contributed by atoms with E-state index in [1.165, 1.54) is 6.07 Å². The average molecular weight is 312 g/mol. The van der Waals surface area contributed by atoms with Crippen LogP contribution >= 0.6 is 0 Å². The van der Waals surface area contributed by atoms with E-state index in [-0.39, 0.29) is 4.90 Å². The molecule has 6 heteroatoms. The van der Waals surface area contributed by atoms with Crippen molar-refractivity contribution in [2.24, 2.45) is 5.92 Å². The molecule has 0 spiro atoms. The minimum Gasteiger partial charge on any atom is -0.492 e. The van der Waals surface area contributed by atoms with E-state index in [9.17, 15) is 8.42 Å². The van der Waals surface area contributed by atoms with Crippen molar-refractivity contribution in [3.63, 3.8) is 0 Å². The zero-order valence-corrected chi connectivity index (χ0v) is 13.5. The molecule has 0 bridgehead atoms. The second kappa shape index (κ2) is 6.66. The molecule has 21 heavy (non-hydrogen) atoms. The predicted molar refractivity (Wildman–Crippen MR) is 83.8 cm³/mol. The molecule has 1 saturated carbocycles.